The monoisotopic (exact) mass is 330 g/mol. The molecule has 6 heteroatoms. The molecule has 4 aromatic rings. The number of rotatable bonds is 2. The van der Waals surface area contributed by atoms with E-state index in [0.29, 0.717) is 6.42 Å². The second kappa shape index (κ2) is 5.31. The first-order chi connectivity index (χ1) is 12.3. The van der Waals surface area contributed by atoms with Crippen molar-refractivity contribution < 1.29 is 9.21 Å². The Morgan fingerprint density at radius 1 is 1.04 bits per heavy atom. The van der Waals surface area contributed by atoms with Crippen LogP contribution in [0.2, 0.25) is 0 Å². The van der Waals surface area contributed by atoms with Crippen LogP contribution in [0.1, 0.15) is 23.7 Å². The second-order valence-corrected chi connectivity index (χ2v) is 6.04. The number of amides is 1. The van der Waals surface area contributed by atoms with E-state index in [9.17, 15) is 4.79 Å². The highest BCUT2D eigenvalue weighted by molar-refractivity contribution is 5.99. The molecule has 0 fully saturated rings. The first-order valence-corrected chi connectivity index (χ1v) is 8.08. The van der Waals surface area contributed by atoms with Crippen molar-refractivity contribution in [1.29, 1.82) is 0 Å². The number of fused-ring (bicyclic) bond motifs is 3. The average Bonchev–Trinajstić information content (AvgIpc) is 3.31. The van der Waals surface area contributed by atoms with Crippen molar-refractivity contribution in [3.63, 3.8) is 0 Å². The van der Waals surface area contributed by atoms with Crippen LogP contribution in [0, 0.1) is 0 Å². The number of furan rings is 1. The highest BCUT2D eigenvalue weighted by Crippen LogP contribution is 2.40. The van der Waals surface area contributed by atoms with E-state index in [0.717, 1.165) is 33.7 Å². The molecule has 1 N–H and O–H groups in total. The largest absolute Gasteiger partial charge is 0.469 e. The van der Waals surface area contributed by atoms with Crippen LogP contribution in [-0.4, -0.2) is 20.9 Å². The van der Waals surface area contributed by atoms with E-state index in [1.165, 1.54) is 0 Å². The number of carbonyl (C=O) groups excluding carboxylic acids is 1. The summed E-state index contributed by atoms with van der Waals surface area (Å²) in [7, 11) is 0. The normalized spacial score (nSPS) is 16.6. The number of anilines is 1. The molecule has 0 bridgehead atoms. The van der Waals surface area contributed by atoms with Crippen LogP contribution in [-0.2, 0) is 4.79 Å². The smallest absolute Gasteiger partial charge is 0.225 e. The van der Waals surface area contributed by atoms with Gasteiger partial charge >= 0.3 is 0 Å². The summed E-state index contributed by atoms with van der Waals surface area (Å²) in [6.07, 6.45) is 1.96. The molecule has 1 aliphatic rings. The summed E-state index contributed by atoms with van der Waals surface area (Å²) in [6.45, 7) is 0. The zero-order valence-electron chi connectivity index (χ0n) is 13.2. The molecule has 6 nitrogen and oxygen atoms in total. The number of hydrogen-bond donors (Lipinski definition) is 1. The molecule has 122 valence electrons. The molecule has 0 spiro atoms. The zero-order chi connectivity index (χ0) is 16.8. The fourth-order valence-corrected chi connectivity index (χ4v) is 3.36. The molecular formula is C19H14N4O2. The standard InChI is InChI=1S/C19H14N4O2/c24-17-11-13(16-7-4-10-25-16)18-14(20-17)8-9-15-19(18)22-23(21-15)12-5-2-1-3-6-12/h1-10,13H,11H2,(H,20,24). The van der Waals surface area contributed by atoms with Gasteiger partial charge in [0.15, 0.2) is 0 Å². The lowest BCUT2D eigenvalue weighted by Gasteiger charge is -2.24. The molecule has 0 saturated heterocycles. The van der Waals surface area contributed by atoms with Crippen LogP contribution < -0.4 is 5.32 Å². The molecule has 25 heavy (non-hydrogen) atoms. The Morgan fingerprint density at radius 2 is 1.92 bits per heavy atom. The molecule has 1 atom stereocenters. The van der Waals surface area contributed by atoms with Crippen LogP contribution in [0.15, 0.2) is 65.3 Å². The van der Waals surface area contributed by atoms with Gasteiger partial charge in [0.2, 0.25) is 5.91 Å². The van der Waals surface area contributed by atoms with Gasteiger partial charge in [0, 0.05) is 17.7 Å². The van der Waals surface area contributed by atoms with Crippen molar-refractivity contribution in [2.75, 3.05) is 5.32 Å². The Labute approximate surface area is 143 Å². The van der Waals surface area contributed by atoms with Gasteiger partial charge in [0.1, 0.15) is 16.8 Å². The molecule has 1 amide bonds. The highest BCUT2D eigenvalue weighted by Gasteiger charge is 2.31. The number of nitrogens with zero attached hydrogens (tertiary/aromatic N) is 3. The van der Waals surface area contributed by atoms with Gasteiger partial charge in [0.25, 0.3) is 0 Å². The quantitative estimate of drug-likeness (QED) is 0.610. The highest BCUT2D eigenvalue weighted by atomic mass is 16.3. The molecule has 0 radical (unpaired) electrons. The average molecular weight is 330 g/mol. The van der Waals surface area contributed by atoms with Gasteiger partial charge in [-0.2, -0.15) is 4.80 Å². The van der Waals surface area contributed by atoms with Gasteiger partial charge in [-0.25, -0.2) is 0 Å². The van der Waals surface area contributed by atoms with Crippen LogP contribution in [0.4, 0.5) is 5.69 Å². The van der Waals surface area contributed by atoms with Gasteiger partial charge in [-0.05, 0) is 36.4 Å². The Morgan fingerprint density at radius 3 is 2.72 bits per heavy atom. The van der Waals surface area contributed by atoms with E-state index in [-0.39, 0.29) is 11.8 Å². The third kappa shape index (κ3) is 2.22. The topological polar surface area (TPSA) is 73.0 Å². The minimum absolute atomic E-state index is 0.0244. The summed E-state index contributed by atoms with van der Waals surface area (Å²) in [5, 5.41) is 12.2. The number of para-hydroxylation sites is 1. The number of hydrogen-bond acceptors (Lipinski definition) is 4. The van der Waals surface area contributed by atoms with Crippen molar-refractivity contribution in [2.24, 2.45) is 0 Å². The Balaban J connectivity index is 1.74. The van der Waals surface area contributed by atoms with Crippen molar-refractivity contribution in [3.8, 4) is 5.69 Å². The van der Waals surface area contributed by atoms with Gasteiger partial charge < -0.3 is 9.73 Å². The van der Waals surface area contributed by atoms with Gasteiger partial charge in [-0.15, -0.1) is 10.2 Å². The minimum atomic E-state index is -0.164. The third-order valence-electron chi connectivity index (χ3n) is 4.48. The molecular weight excluding hydrogens is 316 g/mol. The van der Waals surface area contributed by atoms with Gasteiger partial charge in [0.05, 0.1) is 17.9 Å². The predicted molar refractivity (Wildman–Crippen MR) is 92.7 cm³/mol. The molecule has 1 aliphatic heterocycles. The molecule has 2 aromatic heterocycles. The van der Waals surface area contributed by atoms with Crippen molar-refractivity contribution >= 4 is 22.6 Å². The van der Waals surface area contributed by atoms with Crippen molar-refractivity contribution in [3.05, 3.63) is 72.2 Å². The molecule has 3 heterocycles. The van der Waals surface area contributed by atoms with Crippen LogP contribution in [0.5, 0.6) is 0 Å². The van der Waals surface area contributed by atoms with Crippen LogP contribution in [0.25, 0.3) is 16.7 Å². The Bertz CT molecular complexity index is 1070. The maximum atomic E-state index is 12.1. The van der Waals surface area contributed by atoms with Gasteiger partial charge in [-0.1, -0.05) is 18.2 Å². The van der Waals surface area contributed by atoms with Crippen molar-refractivity contribution in [1.82, 2.24) is 15.0 Å². The fraction of sp³-hybridized carbons (Fsp3) is 0.105. The molecule has 2 aromatic carbocycles. The summed E-state index contributed by atoms with van der Waals surface area (Å²) in [5.74, 6) is 0.574. The number of carbonyl (C=O) groups is 1. The summed E-state index contributed by atoms with van der Waals surface area (Å²) >= 11 is 0. The Hall–Kier alpha value is -3.41. The molecule has 0 saturated carbocycles. The molecule has 1 unspecified atom stereocenters. The first-order valence-electron chi connectivity index (χ1n) is 8.08. The third-order valence-corrected chi connectivity index (χ3v) is 4.48. The molecule has 0 aliphatic carbocycles. The van der Waals surface area contributed by atoms with E-state index < -0.39 is 0 Å². The predicted octanol–water partition coefficient (Wildman–Crippen LogP) is 3.49. The lowest BCUT2D eigenvalue weighted by molar-refractivity contribution is -0.116. The molecule has 5 rings (SSSR count). The van der Waals surface area contributed by atoms with E-state index in [2.05, 4.69) is 10.4 Å². The summed E-state index contributed by atoms with van der Waals surface area (Å²) in [5.41, 5.74) is 4.18. The van der Waals surface area contributed by atoms with Crippen molar-refractivity contribution in [2.45, 2.75) is 12.3 Å². The number of benzene rings is 2. The summed E-state index contributed by atoms with van der Waals surface area (Å²) < 4.78 is 5.58. The lowest BCUT2D eigenvalue weighted by Crippen LogP contribution is -2.23. The summed E-state index contributed by atoms with van der Waals surface area (Å²) in [6, 6.07) is 17.3. The second-order valence-electron chi connectivity index (χ2n) is 6.04. The SMILES string of the molecule is O=C1CC(c2ccco2)c2c(ccc3nn(-c4ccccc4)nc23)N1. The zero-order valence-corrected chi connectivity index (χ0v) is 13.2. The Kier molecular flexibility index (Phi) is 2.97. The van der Waals surface area contributed by atoms with E-state index >= 15 is 0 Å². The van der Waals surface area contributed by atoms with E-state index in [1.54, 1.807) is 11.1 Å². The van der Waals surface area contributed by atoms with E-state index in [4.69, 9.17) is 9.52 Å². The minimum Gasteiger partial charge on any atom is -0.469 e. The fourth-order valence-electron chi connectivity index (χ4n) is 3.36. The number of nitrogens with one attached hydrogen (secondary N) is 1. The first kappa shape index (κ1) is 14.0. The number of aromatic nitrogens is 3. The lowest BCUT2D eigenvalue weighted by atomic mass is 9.87. The maximum Gasteiger partial charge on any atom is 0.225 e. The van der Waals surface area contributed by atoms with Crippen LogP contribution >= 0.6 is 0 Å². The van der Waals surface area contributed by atoms with E-state index in [1.807, 2.05) is 54.6 Å². The summed E-state index contributed by atoms with van der Waals surface area (Å²) in [4.78, 5) is 13.7. The van der Waals surface area contributed by atoms with Crippen LogP contribution in [0.3, 0.4) is 0 Å². The maximum absolute atomic E-state index is 12.1. The van der Waals surface area contributed by atoms with Gasteiger partial charge in [-0.3, -0.25) is 4.79 Å².